The fourth-order valence-electron chi connectivity index (χ4n) is 3.62. The van der Waals surface area contributed by atoms with Crippen LogP contribution in [0.25, 0.3) is 11.3 Å². The largest absolute Gasteiger partial charge is 0.497 e. The van der Waals surface area contributed by atoms with Crippen molar-refractivity contribution in [3.8, 4) is 17.0 Å². The molecular formula is C23H24FN3O2. The van der Waals surface area contributed by atoms with Gasteiger partial charge in [0.2, 0.25) is 0 Å². The summed E-state index contributed by atoms with van der Waals surface area (Å²) in [5.41, 5.74) is 3.48. The summed E-state index contributed by atoms with van der Waals surface area (Å²) < 4.78 is 18.3. The third-order valence-electron chi connectivity index (χ3n) is 5.35. The lowest BCUT2D eigenvalue weighted by Gasteiger charge is -2.36. The number of methoxy groups -OCH3 is 1. The first-order valence-electron chi connectivity index (χ1n) is 9.72. The normalized spacial score (nSPS) is 14.8. The van der Waals surface area contributed by atoms with Gasteiger partial charge >= 0.3 is 0 Å². The van der Waals surface area contributed by atoms with Crippen LogP contribution in [-0.2, 0) is 6.54 Å². The van der Waals surface area contributed by atoms with Gasteiger partial charge in [0, 0.05) is 49.7 Å². The third-order valence-corrected chi connectivity index (χ3v) is 5.35. The number of hydrogen-bond donors (Lipinski definition) is 1. The van der Waals surface area contributed by atoms with Gasteiger partial charge in [-0.05, 0) is 60.2 Å². The molecule has 0 unspecified atom stereocenters. The van der Waals surface area contributed by atoms with Gasteiger partial charge in [-0.25, -0.2) is 4.39 Å². The molecule has 1 fully saturated rings. The van der Waals surface area contributed by atoms with Crippen LogP contribution in [0.3, 0.4) is 0 Å². The van der Waals surface area contributed by atoms with Crippen molar-refractivity contribution in [2.45, 2.75) is 6.54 Å². The molecule has 1 aliphatic rings. The number of piperazine rings is 1. The maximum atomic E-state index is 13.1. The van der Waals surface area contributed by atoms with Crippen LogP contribution >= 0.6 is 0 Å². The number of ether oxygens (including phenoxy) is 1. The molecule has 0 spiro atoms. The highest BCUT2D eigenvalue weighted by atomic mass is 19.1. The van der Waals surface area contributed by atoms with E-state index in [1.807, 2.05) is 48.5 Å². The molecule has 1 aromatic heterocycles. The lowest BCUT2D eigenvalue weighted by Crippen LogP contribution is -2.46. The highest BCUT2D eigenvalue weighted by Crippen LogP contribution is 2.21. The number of nitrogens with one attached hydrogen (secondary N) is 1. The first-order chi connectivity index (χ1) is 14.1. The average molecular weight is 393 g/mol. The second-order valence-electron chi connectivity index (χ2n) is 7.19. The minimum Gasteiger partial charge on any atom is -0.497 e. The Kier molecular flexibility index (Phi) is 5.62. The molecule has 1 N–H and O–H groups in total. The van der Waals surface area contributed by atoms with Gasteiger partial charge in [0.25, 0.3) is 5.56 Å². The molecule has 0 bridgehead atoms. The van der Waals surface area contributed by atoms with Gasteiger partial charge < -0.3 is 14.6 Å². The van der Waals surface area contributed by atoms with Crippen molar-refractivity contribution in [3.63, 3.8) is 0 Å². The molecule has 2 heterocycles. The van der Waals surface area contributed by atoms with Gasteiger partial charge in [-0.1, -0.05) is 6.07 Å². The lowest BCUT2D eigenvalue weighted by molar-refractivity contribution is 0.249. The minimum atomic E-state index is -0.218. The van der Waals surface area contributed by atoms with Gasteiger partial charge in [-0.3, -0.25) is 9.69 Å². The highest BCUT2D eigenvalue weighted by Gasteiger charge is 2.18. The van der Waals surface area contributed by atoms with E-state index in [2.05, 4.69) is 14.8 Å². The maximum absolute atomic E-state index is 13.1. The van der Waals surface area contributed by atoms with E-state index in [0.717, 1.165) is 54.4 Å². The summed E-state index contributed by atoms with van der Waals surface area (Å²) in [6, 6.07) is 18.1. The molecule has 6 heteroatoms. The van der Waals surface area contributed by atoms with Crippen LogP contribution in [0.5, 0.6) is 5.75 Å². The average Bonchev–Trinajstić information content (AvgIpc) is 2.76. The number of halogens is 1. The molecular weight excluding hydrogens is 369 g/mol. The van der Waals surface area contributed by atoms with Crippen molar-refractivity contribution in [1.82, 2.24) is 9.88 Å². The number of anilines is 1. The van der Waals surface area contributed by atoms with Gasteiger partial charge in [-0.15, -0.1) is 0 Å². The number of H-pyrrole nitrogens is 1. The Morgan fingerprint density at radius 2 is 1.62 bits per heavy atom. The van der Waals surface area contributed by atoms with Crippen LogP contribution in [0.15, 0.2) is 65.5 Å². The molecule has 0 aliphatic carbocycles. The predicted molar refractivity (Wildman–Crippen MR) is 113 cm³/mol. The topological polar surface area (TPSA) is 48.6 Å². The number of nitrogens with zero attached hydrogens (tertiary/aromatic N) is 2. The number of benzene rings is 2. The zero-order chi connectivity index (χ0) is 20.2. The van der Waals surface area contributed by atoms with Gasteiger partial charge in [-0.2, -0.15) is 0 Å². The number of rotatable bonds is 5. The highest BCUT2D eigenvalue weighted by molar-refractivity contribution is 5.60. The number of hydrogen-bond acceptors (Lipinski definition) is 4. The SMILES string of the molecule is COc1ccc(-c2ccc(CN3CCN(c4ccc(F)cc4)CC3)c(=O)[nH]2)cc1. The second kappa shape index (κ2) is 8.49. The third kappa shape index (κ3) is 4.49. The van der Waals surface area contributed by atoms with Crippen molar-refractivity contribution in [2.75, 3.05) is 38.2 Å². The van der Waals surface area contributed by atoms with E-state index >= 15 is 0 Å². The number of aromatic amines is 1. The van der Waals surface area contributed by atoms with Crippen LogP contribution in [0.1, 0.15) is 5.56 Å². The molecule has 1 aliphatic heterocycles. The number of pyridine rings is 1. The van der Waals surface area contributed by atoms with Crippen molar-refractivity contribution in [2.24, 2.45) is 0 Å². The quantitative estimate of drug-likeness (QED) is 0.721. The van der Waals surface area contributed by atoms with E-state index in [-0.39, 0.29) is 11.4 Å². The maximum Gasteiger partial charge on any atom is 0.252 e. The molecule has 0 radical (unpaired) electrons. The molecule has 0 atom stereocenters. The van der Waals surface area contributed by atoms with E-state index in [0.29, 0.717) is 6.54 Å². The zero-order valence-electron chi connectivity index (χ0n) is 16.4. The Bertz CT molecular complexity index is 1010. The van der Waals surface area contributed by atoms with Crippen molar-refractivity contribution < 1.29 is 9.13 Å². The minimum absolute atomic E-state index is 0.0562. The van der Waals surface area contributed by atoms with E-state index in [1.165, 1.54) is 12.1 Å². The molecule has 4 rings (SSSR count). The summed E-state index contributed by atoms with van der Waals surface area (Å²) in [6.45, 7) is 4.05. The van der Waals surface area contributed by atoms with Crippen molar-refractivity contribution in [1.29, 1.82) is 0 Å². The van der Waals surface area contributed by atoms with E-state index in [9.17, 15) is 9.18 Å². The Morgan fingerprint density at radius 3 is 2.24 bits per heavy atom. The summed E-state index contributed by atoms with van der Waals surface area (Å²) in [6.07, 6.45) is 0. The fraction of sp³-hybridized carbons (Fsp3) is 0.261. The first kappa shape index (κ1) is 19.2. The van der Waals surface area contributed by atoms with Crippen molar-refractivity contribution >= 4 is 5.69 Å². The first-order valence-corrected chi connectivity index (χ1v) is 9.72. The monoisotopic (exact) mass is 393 g/mol. The molecule has 1 saturated heterocycles. The smallest absolute Gasteiger partial charge is 0.252 e. The second-order valence-corrected chi connectivity index (χ2v) is 7.19. The van der Waals surface area contributed by atoms with Crippen LogP contribution < -0.4 is 15.2 Å². The van der Waals surface area contributed by atoms with Crippen LogP contribution in [0.4, 0.5) is 10.1 Å². The van der Waals surface area contributed by atoms with E-state index in [1.54, 1.807) is 7.11 Å². The summed E-state index contributed by atoms with van der Waals surface area (Å²) in [5.74, 6) is 0.567. The molecule has 2 aromatic carbocycles. The fourth-order valence-corrected chi connectivity index (χ4v) is 3.62. The van der Waals surface area contributed by atoms with Crippen LogP contribution in [0.2, 0.25) is 0 Å². The summed E-state index contributed by atoms with van der Waals surface area (Å²) in [5, 5.41) is 0. The van der Waals surface area contributed by atoms with Gasteiger partial charge in [0.1, 0.15) is 11.6 Å². The van der Waals surface area contributed by atoms with E-state index in [4.69, 9.17) is 4.74 Å². The Balaban J connectivity index is 1.38. The molecule has 3 aromatic rings. The summed E-state index contributed by atoms with van der Waals surface area (Å²) in [4.78, 5) is 20.1. The van der Waals surface area contributed by atoms with Gasteiger partial charge in [0.05, 0.1) is 7.11 Å². The predicted octanol–water partition coefficient (Wildman–Crippen LogP) is 3.51. The summed E-state index contributed by atoms with van der Waals surface area (Å²) >= 11 is 0. The van der Waals surface area contributed by atoms with E-state index < -0.39 is 0 Å². The van der Waals surface area contributed by atoms with Crippen LogP contribution in [0, 0.1) is 5.82 Å². The lowest BCUT2D eigenvalue weighted by atomic mass is 10.1. The Labute approximate surface area is 169 Å². The van der Waals surface area contributed by atoms with Crippen molar-refractivity contribution in [3.05, 3.63) is 82.4 Å². The summed E-state index contributed by atoms with van der Waals surface area (Å²) in [7, 11) is 1.63. The zero-order valence-corrected chi connectivity index (χ0v) is 16.4. The Morgan fingerprint density at radius 1 is 0.931 bits per heavy atom. The molecule has 0 amide bonds. The standard InChI is InChI=1S/C23H24FN3O2/c1-29-21-9-2-17(3-10-21)22-11-4-18(23(28)25-22)16-26-12-14-27(15-13-26)20-7-5-19(24)6-8-20/h2-11H,12-16H2,1H3,(H,25,28). The Hall–Kier alpha value is -3.12. The molecule has 29 heavy (non-hydrogen) atoms. The van der Waals surface area contributed by atoms with Crippen LogP contribution in [-0.4, -0.2) is 43.2 Å². The molecule has 5 nitrogen and oxygen atoms in total. The van der Waals surface area contributed by atoms with Gasteiger partial charge in [0.15, 0.2) is 0 Å². The molecule has 150 valence electrons. The number of aromatic nitrogens is 1. The molecule has 0 saturated carbocycles.